The van der Waals surface area contributed by atoms with Gasteiger partial charge in [-0.15, -0.1) is 0 Å². The number of rotatable bonds is 3. The first-order chi connectivity index (χ1) is 5.90. The van der Waals surface area contributed by atoms with Gasteiger partial charge >= 0.3 is 5.97 Å². The van der Waals surface area contributed by atoms with Crippen molar-refractivity contribution in [2.24, 2.45) is 5.92 Å². The van der Waals surface area contributed by atoms with E-state index in [1.165, 1.54) is 6.08 Å². The molecule has 2 nitrogen and oxygen atoms in total. The zero-order valence-corrected chi connectivity index (χ0v) is 9.68. The largest absolute Gasteiger partial charge is 0.456 e. The first kappa shape index (κ1) is 14.7. The molecule has 0 rings (SSSR count). The Kier molecular flexibility index (Phi) is 7.58. The Morgan fingerprint density at radius 2 is 1.77 bits per heavy atom. The van der Waals surface area contributed by atoms with Gasteiger partial charge in [-0.05, 0) is 19.8 Å². The summed E-state index contributed by atoms with van der Waals surface area (Å²) in [6.07, 6.45) is 1.18. The second-order valence-electron chi connectivity index (χ2n) is 3.38. The van der Waals surface area contributed by atoms with E-state index in [9.17, 15) is 4.79 Å². The fourth-order valence-corrected chi connectivity index (χ4v) is 0.419. The molecular formula is C11H22O2. The van der Waals surface area contributed by atoms with Crippen molar-refractivity contribution in [3.63, 3.8) is 0 Å². The minimum absolute atomic E-state index is 0.311. The fraction of sp³-hybridized carbons (Fsp3) is 0.727. The predicted molar refractivity (Wildman–Crippen MR) is 56.6 cm³/mol. The number of esters is 1. The van der Waals surface area contributed by atoms with Gasteiger partial charge in [-0.3, -0.25) is 0 Å². The molecule has 0 N–H and O–H groups in total. The van der Waals surface area contributed by atoms with Gasteiger partial charge in [-0.2, -0.15) is 0 Å². The lowest BCUT2D eigenvalue weighted by Crippen LogP contribution is -2.32. The molecule has 0 aromatic carbocycles. The van der Waals surface area contributed by atoms with Crippen LogP contribution in [0.25, 0.3) is 0 Å². The van der Waals surface area contributed by atoms with E-state index >= 15 is 0 Å². The van der Waals surface area contributed by atoms with Gasteiger partial charge in [-0.1, -0.05) is 34.3 Å². The van der Waals surface area contributed by atoms with E-state index in [1.54, 1.807) is 0 Å². The van der Waals surface area contributed by atoms with E-state index in [4.69, 9.17) is 4.74 Å². The minimum atomic E-state index is -0.398. The van der Waals surface area contributed by atoms with Gasteiger partial charge < -0.3 is 4.74 Å². The third-order valence-corrected chi connectivity index (χ3v) is 1.92. The van der Waals surface area contributed by atoms with Crippen LogP contribution < -0.4 is 0 Å². The van der Waals surface area contributed by atoms with Crippen molar-refractivity contribution < 1.29 is 9.53 Å². The Labute approximate surface area is 82.0 Å². The Morgan fingerprint density at radius 1 is 1.38 bits per heavy atom. The summed E-state index contributed by atoms with van der Waals surface area (Å²) in [6.45, 7) is 15.1. The normalized spacial score (nSPS) is 10.1. The van der Waals surface area contributed by atoms with Crippen LogP contribution in [0.4, 0.5) is 0 Å². The summed E-state index contributed by atoms with van der Waals surface area (Å²) < 4.78 is 5.09. The van der Waals surface area contributed by atoms with Crippen LogP contribution in [-0.2, 0) is 9.53 Å². The lowest BCUT2D eigenvalue weighted by atomic mass is 9.95. The predicted octanol–water partition coefficient (Wildman–Crippen LogP) is 3.18. The number of ether oxygens (including phenoxy) is 1. The molecule has 0 spiro atoms. The molecule has 0 atom stereocenters. The number of carbonyl (C=O) groups excluding carboxylic acids is 1. The number of carbonyl (C=O) groups is 1. The molecule has 0 aromatic heterocycles. The van der Waals surface area contributed by atoms with Crippen molar-refractivity contribution in [2.75, 3.05) is 0 Å². The molecule has 0 radical (unpaired) electrons. The maximum Gasteiger partial charge on any atom is 0.330 e. The van der Waals surface area contributed by atoms with E-state index in [-0.39, 0.29) is 5.97 Å². The highest BCUT2D eigenvalue weighted by molar-refractivity contribution is 5.81. The lowest BCUT2D eigenvalue weighted by Gasteiger charge is -2.28. The van der Waals surface area contributed by atoms with Crippen molar-refractivity contribution in [1.82, 2.24) is 0 Å². The van der Waals surface area contributed by atoms with E-state index in [0.717, 1.165) is 0 Å². The smallest absolute Gasteiger partial charge is 0.330 e. The van der Waals surface area contributed by atoms with Crippen LogP contribution in [0.15, 0.2) is 12.7 Å². The topological polar surface area (TPSA) is 26.3 Å². The van der Waals surface area contributed by atoms with E-state index in [2.05, 4.69) is 6.58 Å². The van der Waals surface area contributed by atoms with Crippen molar-refractivity contribution in [2.45, 2.75) is 47.1 Å². The number of hydrogen-bond acceptors (Lipinski definition) is 2. The van der Waals surface area contributed by atoms with Crippen LogP contribution in [0.2, 0.25) is 0 Å². The van der Waals surface area contributed by atoms with Crippen molar-refractivity contribution >= 4 is 5.97 Å². The molecule has 0 amide bonds. The fourth-order valence-electron chi connectivity index (χ4n) is 0.419. The Bertz CT molecular complexity index is 157. The molecular weight excluding hydrogens is 164 g/mol. The molecule has 0 heterocycles. The van der Waals surface area contributed by atoms with Crippen LogP contribution >= 0.6 is 0 Å². The van der Waals surface area contributed by atoms with E-state index < -0.39 is 5.60 Å². The van der Waals surface area contributed by atoms with Gasteiger partial charge in [0.1, 0.15) is 5.60 Å². The van der Waals surface area contributed by atoms with Gasteiger partial charge in [0, 0.05) is 6.08 Å². The molecule has 0 unspecified atom stereocenters. The molecule has 0 saturated carbocycles. The van der Waals surface area contributed by atoms with Crippen LogP contribution in [-0.4, -0.2) is 11.6 Å². The van der Waals surface area contributed by atoms with Gasteiger partial charge in [0.15, 0.2) is 0 Å². The molecule has 0 fully saturated rings. The highest BCUT2D eigenvalue weighted by atomic mass is 16.6. The maximum atomic E-state index is 10.8. The zero-order chi connectivity index (χ0) is 11.1. The average Bonchev–Trinajstić information content (AvgIpc) is 2.07. The average molecular weight is 186 g/mol. The summed E-state index contributed by atoms with van der Waals surface area (Å²) in [4.78, 5) is 10.8. The van der Waals surface area contributed by atoms with Crippen LogP contribution in [0.5, 0.6) is 0 Å². The van der Waals surface area contributed by atoms with Crippen LogP contribution in [0.3, 0.4) is 0 Å². The minimum Gasteiger partial charge on any atom is -0.456 e. The first-order valence-corrected chi connectivity index (χ1v) is 4.75. The summed E-state index contributed by atoms with van der Waals surface area (Å²) in [5.74, 6) is -0.0462. The van der Waals surface area contributed by atoms with E-state index in [0.29, 0.717) is 5.92 Å². The van der Waals surface area contributed by atoms with Crippen molar-refractivity contribution in [3.05, 3.63) is 12.7 Å². The van der Waals surface area contributed by atoms with Gasteiger partial charge in [-0.25, -0.2) is 4.79 Å². The van der Waals surface area contributed by atoms with Crippen molar-refractivity contribution in [3.8, 4) is 0 Å². The Balaban J connectivity index is 0. The quantitative estimate of drug-likeness (QED) is 0.500. The molecule has 0 aliphatic carbocycles. The lowest BCUT2D eigenvalue weighted by molar-refractivity contribution is -0.154. The maximum absolute atomic E-state index is 10.8. The summed E-state index contributed by atoms with van der Waals surface area (Å²) in [5.41, 5.74) is -0.398. The van der Waals surface area contributed by atoms with Crippen LogP contribution in [0.1, 0.15) is 41.5 Å². The summed E-state index contributed by atoms with van der Waals surface area (Å²) >= 11 is 0. The summed E-state index contributed by atoms with van der Waals surface area (Å²) in [7, 11) is 0. The number of hydrogen-bond donors (Lipinski definition) is 0. The summed E-state index contributed by atoms with van der Waals surface area (Å²) in [6, 6.07) is 0. The monoisotopic (exact) mass is 186 g/mol. The highest BCUT2D eigenvalue weighted by Crippen LogP contribution is 2.20. The standard InChI is InChI=1S/C9H16O2.C2H6/c1-6-8(10)11-9(4,5)7(2)3;1-2/h6-7H,1H2,2-5H3;1-2H3. The van der Waals surface area contributed by atoms with Gasteiger partial charge in [0.2, 0.25) is 0 Å². The summed E-state index contributed by atoms with van der Waals surface area (Å²) in [5, 5.41) is 0. The van der Waals surface area contributed by atoms with Gasteiger partial charge in [0.25, 0.3) is 0 Å². The third kappa shape index (κ3) is 6.38. The zero-order valence-electron chi connectivity index (χ0n) is 9.68. The molecule has 0 aliphatic heterocycles. The second-order valence-corrected chi connectivity index (χ2v) is 3.38. The SMILES string of the molecule is C=CC(=O)OC(C)(C)C(C)C.CC. The highest BCUT2D eigenvalue weighted by Gasteiger charge is 2.25. The molecule has 0 aliphatic rings. The molecule has 13 heavy (non-hydrogen) atoms. The first-order valence-electron chi connectivity index (χ1n) is 4.75. The van der Waals surface area contributed by atoms with Crippen LogP contribution in [0, 0.1) is 5.92 Å². The molecule has 78 valence electrons. The second kappa shape index (κ2) is 6.70. The molecule has 2 heteroatoms. The third-order valence-electron chi connectivity index (χ3n) is 1.92. The molecule has 0 aromatic rings. The Morgan fingerprint density at radius 3 is 2.00 bits per heavy atom. The molecule has 0 bridgehead atoms. The van der Waals surface area contributed by atoms with Crippen molar-refractivity contribution in [1.29, 1.82) is 0 Å². The van der Waals surface area contributed by atoms with E-state index in [1.807, 2.05) is 41.5 Å². The van der Waals surface area contributed by atoms with Gasteiger partial charge in [0.05, 0.1) is 0 Å². The Hall–Kier alpha value is -0.790. The molecule has 0 saturated heterocycles.